The molecule has 0 radical (unpaired) electrons. The first-order valence-corrected chi connectivity index (χ1v) is 8.79. The largest absolute Gasteiger partial charge is 0.479 e. The van der Waals surface area contributed by atoms with E-state index in [-0.39, 0.29) is 23.3 Å². The van der Waals surface area contributed by atoms with Crippen LogP contribution in [0.2, 0.25) is 0 Å². The number of hydrogen-bond acceptors (Lipinski definition) is 5. The lowest BCUT2D eigenvalue weighted by molar-refractivity contribution is -0.142. The second kappa shape index (κ2) is 7.92. The molecular weight excluding hydrogens is 379 g/mol. The quantitative estimate of drug-likeness (QED) is 0.505. The number of alkyl halides is 3. The molecule has 9 heteroatoms. The number of nitrogens with zero attached hydrogens (tertiary/aromatic N) is 1. The molecule has 0 heterocycles. The van der Waals surface area contributed by atoms with Gasteiger partial charge in [-0.15, -0.1) is 0 Å². The van der Waals surface area contributed by atoms with Gasteiger partial charge in [-0.3, -0.25) is 0 Å². The summed E-state index contributed by atoms with van der Waals surface area (Å²) in [7, 11) is 0. The number of hydrogen-bond donors (Lipinski definition) is 3. The molecular formula is C19H20F3NO5. The van der Waals surface area contributed by atoms with Crippen molar-refractivity contribution >= 4 is 11.7 Å². The first-order valence-electron chi connectivity index (χ1n) is 8.79. The molecule has 3 rings (SSSR count). The van der Waals surface area contributed by atoms with Gasteiger partial charge in [0.05, 0.1) is 23.5 Å². The minimum absolute atomic E-state index is 0.0542. The smallest absolute Gasteiger partial charge is 0.416 e. The molecule has 28 heavy (non-hydrogen) atoms. The number of halogens is 3. The molecule has 5 atom stereocenters. The van der Waals surface area contributed by atoms with E-state index in [1.54, 1.807) is 0 Å². The summed E-state index contributed by atoms with van der Waals surface area (Å²) in [6, 6.07) is 4.81. The zero-order valence-corrected chi connectivity index (χ0v) is 14.7. The van der Waals surface area contributed by atoms with Crippen LogP contribution in [0.5, 0.6) is 0 Å². The Hall–Kier alpha value is -2.39. The summed E-state index contributed by atoms with van der Waals surface area (Å²) in [6.45, 7) is -0.544. The molecule has 3 unspecified atom stereocenters. The van der Waals surface area contributed by atoms with Crippen LogP contribution in [-0.2, 0) is 15.8 Å². The van der Waals surface area contributed by atoms with Gasteiger partial charge < -0.3 is 20.2 Å². The fourth-order valence-electron chi connectivity index (χ4n) is 3.87. The molecule has 2 aliphatic carbocycles. The van der Waals surface area contributed by atoms with Crippen molar-refractivity contribution in [1.82, 2.24) is 0 Å². The fraction of sp³-hybridized carbons (Fsp3) is 0.474. The van der Waals surface area contributed by atoms with Gasteiger partial charge in [0.15, 0.2) is 0 Å². The van der Waals surface area contributed by atoms with Crippen LogP contribution in [0.3, 0.4) is 0 Å². The van der Waals surface area contributed by atoms with Gasteiger partial charge in [0.25, 0.3) is 0 Å². The van der Waals surface area contributed by atoms with Crippen molar-refractivity contribution in [3.05, 3.63) is 47.5 Å². The summed E-state index contributed by atoms with van der Waals surface area (Å²) in [4.78, 5) is 15.2. The lowest BCUT2D eigenvalue weighted by Crippen LogP contribution is -2.38. The normalized spacial score (nSPS) is 29.5. The topological polar surface area (TPSA) is 99.4 Å². The van der Waals surface area contributed by atoms with Crippen molar-refractivity contribution < 1.29 is 38.1 Å². The number of carboxylic acid groups (broad SMARTS) is 1. The van der Waals surface area contributed by atoms with Crippen molar-refractivity contribution in [2.75, 3.05) is 6.61 Å². The molecule has 0 amide bonds. The van der Waals surface area contributed by atoms with E-state index in [9.17, 15) is 28.2 Å². The summed E-state index contributed by atoms with van der Waals surface area (Å²) < 4.78 is 39.2. The minimum Gasteiger partial charge on any atom is -0.479 e. The predicted octanol–water partition coefficient (Wildman–Crippen LogP) is 2.77. The lowest BCUT2D eigenvalue weighted by atomic mass is 9.73. The van der Waals surface area contributed by atoms with E-state index in [0.717, 1.165) is 6.07 Å². The molecule has 0 spiro atoms. The van der Waals surface area contributed by atoms with Gasteiger partial charge >= 0.3 is 12.1 Å². The predicted molar refractivity (Wildman–Crippen MR) is 92.3 cm³/mol. The van der Waals surface area contributed by atoms with Crippen molar-refractivity contribution in [2.24, 2.45) is 22.9 Å². The number of aliphatic hydroxyl groups is 2. The lowest BCUT2D eigenvalue weighted by Gasteiger charge is -2.33. The summed E-state index contributed by atoms with van der Waals surface area (Å²) in [6.07, 6.45) is -2.93. The Kier molecular flexibility index (Phi) is 5.76. The average molecular weight is 399 g/mol. The number of fused-ring (bicyclic) bond motifs is 1. The Bertz CT molecular complexity index is 792. The number of aliphatic carboxylic acids is 1. The van der Waals surface area contributed by atoms with Gasteiger partial charge in [-0.1, -0.05) is 35.5 Å². The van der Waals surface area contributed by atoms with E-state index >= 15 is 0 Å². The standard InChI is InChI=1S/C19H20F3NO5/c20-19(21,22)14-4-2-1-3-11(14)16(24)6-5-10-7-12-13(18(10)27)8-15(12)23-28-9-17(25)26/h1-6,10,12-13,16,18,24,27H,7-9H2,(H,25,26)/t10?,12-,13+,16?,18?/m0/s1. The summed E-state index contributed by atoms with van der Waals surface area (Å²) in [5, 5.41) is 32.9. The fourth-order valence-corrected chi connectivity index (χ4v) is 3.87. The monoisotopic (exact) mass is 399 g/mol. The van der Waals surface area contributed by atoms with Gasteiger partial charge in [-0.2, -0.15) is 13.2 Å². The first-order chi connectivity index (χ1) is 13.2. The third-order valence-corrected chi connectivity index (χ3v) is 5.29. The second-order valence-corrected chi connectivity index (χ2v) is 7.03. The minimum atomic E-state index is -4.57. The van der Waals surface area contributed by atoms with Crippen LogP contribution in [-0.4, -0.2) is 39.7 Å². The molecule has 3 N–H and O–H groups in total. The molecule has 0 aliphatic heterocycles. The SMILES string of the molecule is O=C(O)CON=C1C[C@H]2C(O)C(C=CC(O)c3ccccc3C(F)(F)F)C[C@H]12. The van der Waals surface area contributed by atoms with Crippen molar-refractivity contribution in [3.63, 3.8) is 0 Å². The molecule has 0 saturated heterocycles. The van der Waals surface area contributed by atoms with Crippen LogP contribution < -0.4 is 0 Å². The van der Waals surface area contributed by atoms with Gasteiger partial charge in [0.2, 0.25) is 6.61 Å². The second-order valence-electron chi connectivity index (χ2n) is 7.03. The number of carbonyl (C=O) groups is 1. The van der Waals surface area contributed by atoms with E-state index in [2.05, 4.69) is 5.16 Å². The molecule has 6 nitrogen and oxygen atoms in total. The van der Waals surface area contributed by atoms with E-state index in [1.807, 2.05) is 0 Å². The highest BCUT2D eigenvalue weighted by Gasteiger charge is 2.51. The molecule has 0 aromatic heterocycles. The zero-order chi connectivity index (χ0) is 20.5. The van der Waals surface area contributed by atoms with Crippen LogP contribution in [0, 0.1) is 17.8 Å². The Balaban J connectivity index is 1.65. The Morgan fingerprint density at radius 2 is 2.07 bits per heavy atom. The molecule has 1 aromatic rings. The van der Waals surface area contributed by atoms with E-state index in [0.29, 0.717) is 18.6 Å². The Labute approximate surface area is 158 Å². The van der Waals surface area contributed by atoms with Gasteiger partial charge in [0.1, 0.15) is 0 Å². The number of benzene rings is 1. The van der Waals surface area contributed by atoms with Gasteiger partial charge in [-0.05, 0) is 30.4 Å². The van der Waals surface area contributed by atoms with Gasteiger partial charge in [-0.25, -0.2) is 4.79 Å². The molecule has 1 aromatic carbocycles. The van der Waals surface area contributed by atoms with Crippen molar-refractivity contribution in [2.45, 2.75) is 31.2 Å². The number of carboxylic acids is 1. The highest BCUT2D eigenvalue weighted by Crippen LogP contribution is 2.48. The first kappa shape index (κ1) is 20.3. The molecule has 2 fully saturated rings. The van der Waals surface area contributed by atoms with Crippen molar-refractivity contribution in [1.29, 1.82) is 0 Å². The van der Waals surface area contributed by atoms with Crippen LogP contribution in [0.4, 0.5) is 13.2 Å². The molecule has 0 bridgehead atoms. The van der Waals surface area contributed by atoms with E-state index < -0.39 is 36.5 Å². The van der Waals surface area contributed by atoms with E-state index in [1.165, 1.54) is 30.4 Å². The van der Waals surface area contributed by atoms with Crippen LogP contribution in [0.15, 0.2) is 41.6 Å². The maximum Gasteiger partial charge on any atom is 0.416 e. The van der Waals surface area contributed by atoms with Crippen molar-refractivity contribution in [3.8, 4) is 0 Å². The zero-order valence-electron chi connectivity index (χ0n) is 14.7. The third-order valence-electron chi connectivity index (χ3n) is 5.29. The number of oxime groups is 1. The number of rotatable bonds is 6. The van der Waals surface area contributed by atoms with E-state index in [4.69, 9.17) is 9.94 Å². The highest BCUT2D eigenvalue weighted by molar-refractivity contribution is 5.93. The summed E-state index contributed by atoms with van der Waals surface area (Å²) in [5.41, 5.74) is -0.473. The average Bonchev–Trinajstić information content (AvgIpc) is 2.86. The summed E-state index contributed by atoms with van der Waals surface area (Å²) in [5.74, 6) is -1.59. The Morgan fingerprint density at radius 3 is 2.75 bits per heavy atom. The van der Waals surface area contributed by atoms with Crippen LogP contribution >= 0.6 is 0 Å². The maximum atomic E-state index is 13.1. The summed E-state index contributed by atoms with van der Waals surface area (Å²) >= 11 is 0. The maximum absolute atomic E-state index is 13.1. The van der Waals surface area contributed by atoms with Gasteiger partial charge in [0, 0.05) is 11.8 Å². The molecule has 2 aliphatic rings. The highest BCUT2D eigenvalue weighted by atomic mass is 19.4. The van der Waals surface area contributed by atoms with Crippen LogP contribution in [0.1, 0.15) is 30.1 Å². The van der Waals surface area contributed by atoms with Crippen LogP contribution in [0.25, 0.3) is 0 Å². The molecule has 2 saturated carbocycles. The third kappa shape index (κ3) is 4.20. The molecule has 152 valence electrons. The number of aliphatic hydroxyl groups excluding tert-OH is 2. The Morgan fingerprint density at radius 1 is 1.36 bits per heavy atom.